The Labute approximate surface area is 157 Å². The largest absolute Gasteiger partial charge is 0.465 e. The van der Waals surface area contributed by atoms with Gasteiger partial charge in [-0.25, -0.2) is 9.78 Å². The maximum absolute atomic E-state index is 12.5. The lowest BCUT2D eigenvalue weighted by Gasteiger charge is -2.09. The van der Waals surface area contributed by atoms with Crippen LogP contribution in [-0.2, 0) is 16.1 Å². The van der Waals surface area contributed by atoms with Crippen LogP contribution in [0.3, 0.4) is 0 Å². The third-order valence-corrected chi connectivity index (χ3v) is 3.90. The lowest BCUT2D eigenvalue weighted by Crippen LogP contribution is -2.28. The number of anilines is 1. The van der Waals surface area contributed by atoms with Crippen molar-refractivity contribution in [3.8, 4) is 0 Å². The number of nitro benzene ring substituents is 1. The molecule has 0 aliphatic heterocycles. The molecule has 10 heteroatoms. The predicted octanol–water partition coefficient (Wildman–Crippen LogP) is 1.73. The van der Waals surface area contributed by atoms with E-state index in [-0.39, 0.29) is 28.7 Å². The number of nitrogens with zero attached hydrogens (tertiary/aromatic N) is 3. The molecule has 1 amide bonds. The van der Waals surface area contributed by atoms with Crippen LogP contribution in [0.5, 0.6) is 0 Å². The summed E-state index contributed by atoms with van der Waals surface area (Å²) in [5.74, 6) is -1.08. The molecule has 10 nitrogen and oxygen atoms in total. The predicted molar refractivity (Wildman–Crippen MR) is 99.1 cm³/mol. The maximum atomic E-state index is 12.5. The van der Waals surface area contributed by atoms with Crippen LogP contribution in [0.1, 0.15) is 10.4 Å². The van der Waals surface area contributed by atoms with Crippen molar-refractivity contribution in [2.75, 3.05) is 12.4 Å². The van der Waals surface area contributed by atoms with E-state index in [1.54, 1.807) is 12.1 Å². The van der Waals surface area contributed by atoms with Gasteiger partial charge in [0.1, 0.15) is 6.54 Å². The average Bonchev–Trinajstić information content (AvgIpc) is 2.69. The van der Waals surface area contributed by atoms with Crippen LogP contribution in [-0.4, -0.2) is 33.5 Å². The highest BCUT2D eigenvalue weighted by molar-refractivity contribution is 5.94. The van der Waals surface area contributed by atoms with E-state index in [1.165, 1.54) is 37.7 Å². The number of rotatable bonds is 5. The molecule has 28 heavy (non-hydrogen) atoms. The molecule has 0 aliphatic rings. The molecular formula is C18H14N4O6. The molecule has 0 aliphatic carbocycles. The molecule has 0 unspecified atom stereocenters. The van der Waals surface area contributed by atoms with Crippen LogP contribution < -0.4 is 10.9 Å². The summed E-state index contributed by atoms with van der Waals surface area (Å²) >= 11 is 0. The summed E-state index contributed by atoms with van der Waals surface area (Å²) in [4.78, 5) is 50.7. The molecule has 1 heterocycles. The molecule has 2 aromatic carbocycles. The zero-order valence-corrected chi connectivity index (χ0v) is 14.6. The second-order valence-electron chi connectivity index (χ2n) is 5.76. The van der Waals surface area contributed by atoms with E-state index in [0.717, 1.165) is 10.6 Å². The van der Waals surface area contributed by atoms with Crippen molar-refractivity contribution in [1.29, 1.82) is 0 Å². The van der Waals surface area contributed by atoms with E-state index in [9.17, 15) is 24.5 Å². The molecule has 1 N–H and O–H groups in total. The Balaban J connectivity index is 1.83. The molecule has 0 saturated heterocycles. The number of methoxy groups -OCH3 is 1. The zero-order valence-electron chi connectivity index (χ0n) is 14.6. The van der Waals surface area contributed by atoms with Gasteiger partial charge in [0, 0.05) is 17.8 Å². The van der Waals surface area contributed by atoms with Crippen LogP contribution >= 0.6 is 0 Å². The molecule has 0 spiro atoms. The lowest BCUT2D eigenvalue weighted by atomic mass is 10.2. The number of carbonyl (C=O) groups is 2. The summed E-state index contributed by atoms with van der Waals surface area (Å²) in [7, 11) is 1.25. The highest BCUT2D eigenvalue weighted by Gasteiger charge is 2.13. The Hall–Kier alpha value is -4.08. The summed E-state index contributed by atoms with van der Waals surface area (Å²) in [5, 5.41) is 13.5. The van der Waals surface area contributed by atoms with E-state index in [2.05, 4.69) is 15.0 Å². The number of fused-ring (bicyclic) bond motifs is 1. The third-order valence-electron chi connectivity index (χ3n) is 3.90. The van der Waals surface area contributed by atoms with Crippen LogP contribution in [0, 0.1) is 10.1 Å². The number of aromatic nitrogens is 2. The Morgan fingerprint density at radius 3 is 2.75 bits per heavy atom. The number of amides is 1. The fraction of sp³-hybridized carbons (Fsp3) is 0.111. The van der Waals surface area contributed by atoms with Gasteiger partial charge in [-0.1, -0.05) is 6.07 Å². The van der Waals surface area contributed by atoms with Crippen molar-refractivity contribution >= 4 is 34.2 Å². The topological polar surface area (TPSA) is 133 Å². The highest BCUT2D eigenvalue weighted by Crippen LogP contribution is 2.16. The highest BCUT2D eigenvalue weighted by atomic mass is 16.6. The zero-order chi connectivity index (χ0) is 20.3. The van der Waals surface area contributed by atoms with Gasteiger partial charge in [0.05, 0.1) is 34.8 Å². The molecule has 0 bridgehead atoms. The summed E-state index contributed by atoms with van der Waals surface area (Å²) < 4.78 is 5.67. The molecule has 0 saturated carbocycles. The van der Waals surface area contributed by atoms with Crippen molar-refractivity contribution in [3.05, 3.63) is 74.8 Å². The van der Waals surface area contributed by atoms with Gasteiger partial charge in [-0.05, 0) is 24.3 Å². The number of ether oxygens (including phenoxy) is 1. The number of esters is 1. The average molecular weight is 382 g/mol. The van der Waals surface area contributed by atoms with Crippen LogP contribution in [0.15, 0.2) is 53.6 Å². The second-order valence-corrected chi connectivity index (χ2v) is 5.76. The first-order chi connectivity index (χ1) is 13.4. The Kier molecular flexibility index (Phi) is 5.12. The fourth-order valence-electron chi connectivity index (χ4n) is 2.57. The van der Waals surface area contributed by atoms with Gasteiger partial charge in [-0.3, -0.25) is 24.3 Å². The van der Waals surface area contributed by atoms with Crippen molar-refractivity contribution in [2.24, 2.45) is 0 Å². The fourth-order valence-corrected chi connectivity index (χ4v) is 2.57. The molecular weight excluding hydrogens is 368 g/mol. The van der Waals surface area contributed by atoms with Gasteiger partial charge < -0.3 is 10.1 Å². The maximum Gasteiger partial charge on any atom is 0.337 e. The standard InChI is InChI=1S/C18H14N4O6/c1-28-18(25)11-3-2-4-12(7-11)20-16(23)9-21-10-19-15-6-5-13(22(26)27)8-14(15)17(21)24/h2-8,10H,9H2,1H3,(H,20,23). The van der Waals surface area contributed by atoms with Gasteiger partial charge in [0.15, 0.2) is 0 Å². The van der Waals surface area contributed by atoms with Crippen molar-refractivity contribution in [2.45, 2.75) is 6.54 Å². The number of hydrogen-bond donors (Lipinski definition) is 1. The Morgan fingerprint density at radius 1 is 1.25 bits per heavy atom. The molecule has 3 rings (SSSR count). The summed E-state index contributed by atoms with van der Waals surface area (Å²) in [6.07, 6.45) is 1.20. The monoisotopic (exact) mass is 382 g/mol. The Morgan fingerprint density at radius 2 is 2.04 bits per heavy atom. The molecule has 1 aromatic heterocycles. The van der Waals surface area contributed by atoms with Gasteiger partial charge in [0.25, 0.3) is 11.2 Å². The minimum absolute atomic E-state index is 0.0391. The van der Waals surface area contributed by atoms with E-state index >= 15 is 0 Å². The van der Waals surface area contributed by atoms with Crippen molar-refractivity contribution in [3.63, 3.8) is 0 Å². The summed E-state index contributed by atoms with van der Waals surface area (Å²) in [6, 6.07) is 9.87. The number of carbonyl (C=O) groups excluding carboxylic acids is 2. The smallest absolute Gasteiger partial charge is 0.337 e. The normalized spacial score (nSPS) is 10.5. The lowest BCUT2D eigenvalue weighted by molar-refractivity contribution is -0.384. The summed E-state index contributed by atoms with van der Waals surface area (Å²) in [5.41, 5.74) is 0.0842. The van der Waals surface area contributed by atoms with Crippen LogP contribution in [0.4, 0.5) is 11.4 Å². The van der Waals surface area contributed by atoms with Gasteiger partial charge in [0.2, 0.25) is 5.91 Å². The second kappa shape index (κ2) is 7.66. The van der Waals surface area contributed by atoms with E-state index in [0.29, 0.717) is 5.69 Å². The van der Waals surface area contributed by atoms with Crippen molar-refractivity contribution in [1.82, 2.24) is 9.55 Å². The first-order valence-corrected chi connectivity index (χ1v) is 8.01. The number of nitrogens with one attached hydrogen (secondary N) is 1. The van der Waals surface area contributed by atoms with Gasteiger partial charge in [-0.15, -0.1) is 0 Å². The number of nitro groups is 1. The minimum Gasteiger partial charge on any atom is -0.465 e. The molecule has 142 valence electrons. The number of benzene rings is 2. The minimum atomic E-state index is -0.614. The van der Waals surface area contributed by atoms with E-state index < -0.39 is 22.4 Å². The molecule has 3 aromatic rings. The molecule has 0 atom stereocenters. The quantitative estimate of drug-likeness (QED) is 0.403. The third kappa shape index (κ3) is 3.85. The Bertz CT molecular complexity index is 1150. The molecule has 0 fully saturated rings. The van der Waals surface area contributed by atoms with Crippen molar-refractivity contribution < 1.29 is 19.2 Å². The van der Waals surface area contributed by atoms with Gasteiger partial charge in [-0.2, -0.15) is 0 Å². The van der Waals surface area contributed by atoms with Gasteiger partial charge >= 0.3 is 5.97 Å². The number of non-ortho nitro benzene ring substituents is 1. The molecule has 0 radical (unpaired) electrons. The van der Waals surface area contributed by atoms with E-state index in [4.69, 9.17) is 0 Å². The van der Waals surface area contributed by atoms with Crippen LogP contribution in [0.2, 0.25) is 0 Å². The van der Waals surface area contributed by atoms with E-state index in [1.807, 2.05) is 0 Å². The SMILES string of the molecule is COC(=O)c1cccc(NC(=O)Cn2cnc3ccc([N+](=O)[O-])cc3c2=O)c1. The first kappa shape index (κ1) is 18.7. The van der Waals surface area contributed by atoms with Crippen LogP contribution in [0.25, 0.3) is 10.9 Å². The first-order valence-electron chi connectivity index (χ1n) is 8.01. The summed E-state index contributed by atoms with van der Waals surface area (Å²) in [6.45, 7) is -0.354. The number of hydrogen-bond acceptors (Lipinski definition) is 7.